The lowest BCUT2D eigenvalue weighted by Crippen LogP contribution is -2.04. The number of aryl methyl sites for hydroxylation is 1. The van der Waals surface area contributed by atoms with Gasteiger partial charge in [-0.15, -0.1) is 0 Å². The van der Waals surface area contributed by atoms with Gasteiger partial charge in [-0.2, -0.15) is 0 Å². The quantitative estimate of drug-likeness (QED) is 0.644. The maximum absolute atomic E-state index is 11.7. The van der Waals surface area contributed by atoms with E-state index in [4.69, 9.17) is 19.8 Å². The molecule has 0 saturated carbocycles. The number of benzene rings is 1. The van der Waals surface area contributed by atoms with Crippen LogP contribution in [0.4, 0.5) is 0 Å². The zero-order chi connectivity index (χ0) is 14.2. The largest absolute Gasteiger partial charge is 0.460 e. The summed E-state index contributed by atoms with van der Waals surface area (Å²) < 4.78 is 32.8. The van der Waals surface area contributed by atoms with Crippen molar-refractivity contribution in [1.29, 1.82) is 0 Å². The molecular formula is C12H11ClO5S. The van der Waals surface area contributed by atoms with Crippen molar-refractivity contribution in [2.45, 2.75) is 18.7 Å². The molecule has 1 aromatic heterocycles. The van der Waals surface area contributed by atoms with Crippen molar-refractivity contribution in [2.75, 3.05) is 6.61 Å². The fourth-order valence-electron chi connectivity index (χ4n) is 1.74. The molecule has 2 aromatic rings. The van der Waals surface area contributed by atoms with Crippen LogP contribution in [0.3, 0.4) is 0 Å². The summed E-state index contributed by atoms with van der Waals surface area (Å²) in [4.78, 5) is 11.6. The van der Waals surface area contributed by atoms with E-state index in [1.165, 1.54) is 18.2 Å². The molecule has 0 aliphatic rings. The third kappa shape index (κ3) is 2.59. The second kappa shape index (κ2) is 4.86. The van der Waals surface area contributed by atoms with Gasteiger partial charge in [0, 0.05) is 21.6 Å². The maximum Gasteiger partial charge on any atom is 0.374 e. The molecule has 0 amide bonds. The van der Waals surface area contributed by atoms with E-state index in [0.29, 0.717) is 16.5 Å². The molecule has 0 aliphatic heterocycles. The first-order valence-electron chi connectivity index (χ1n) is 5.49. The van der Waals surface area contributed by atoms with Gasteiger partial charge in [-0.1, -0.05) is 0 Å². The van der Waals surface area contributed by atoms with Gasteiger partial charge in [0.25, 0.3) is 9.05 Å². The summed E-state index contributed by atoms with van der Waals surface area (Å²) in [5, 5.41) is 0.518. The average molecular weight is 303 g/mol. The molecule has 0 spiro atoms. The number of halogens is 1. The van der Waals surface area contributed by atoms with E-state index in [1.807, 2.05) is 0 Å². The highest BCUT2D eigenvalue weighted by molar-refractivity contribution is 8.13. The fourth-order valence-corrected chi connectivity index (χ4v) is 2.52. The molecule has 0 bridgehead atoms. The molecule has 0 saturated heterocycles. The van der Waals surface area contributed by atoms with E-state index in [0.717, 1.165) is 0 Å². The van der Waals surface area contributed by atoms with Gasteiger partial charge < -0.3 is 9.15 Å². The summed E-state index contributed by atoms with van der Waals surface area (Å²) in [7, 11) is 1.46. The molecule has 0 unspecified atom stereocenters. The Balaban J connectivity index is 2.62. The summed E-state index contributed by atoms with van der Waals surface area (Å²) >= 11 is 0. The van der Waals surface area contributed by atoms with Gasteiger partial charge in [0.2, 0.25) is 5.76 Å². The molecule has 2 rings (SSSR count). The number of hydrogen-bond acceptors (Lipinski definition) is 5. The lowest BCUT2D eigenvalue weighted by atomic mass is 10.1. The van der Waals surface area contributed by atoms with Gasteiger partial charge in [0.05, 0.1) is 11.5 Å². The van der Waals surface area contributed by atoms with Crippen molar-refractivity contribution in [1.82, 2.24) is 0 Å². The summed E-state index contributed by atoms with van der Waals surface area (Å²) in [5.41, 5.74) is 0.931. The van der Waals surface area contributed by atoms with Crippen LogP contribution in [0, 0.1) is 6.92 Å². The molecule has 19 heavy (non-hydrogen) atoms. The zero-order valence-electron chi connectivity index (χ0n) is 10.3. The number of fused-ring (bicyclic) bond motifs is 1. The third-order valence-electron chi connectivity index (χ3n) is 2.65. The number of furan rings is 1. The molecule has 0 radical (unpaired) electrons. The van der Waals surface area contributed by atoms with E-state index in [1.54, 1.807) is 13.8 Å². The van der Waals surface area contributed by atoms with Gasteiger partial charge in [-0.3, -0.25) is 0 Å². The van der Waals surface area contributed by atoms with Crippen molar-refractivity contribution >= 4 is 36.7 Å². The van der Waals surface area contributed by atoms with Crippen LogP contribution in [-0.2, 0) is 13.8 Å². The Hall–Kier alpha value is -1.53. The first-order chi connectivity index (χ1) is 8.84. The Morgan fingerprint density at radius 3 is 2.68 bits per heavy atom. The number of carbonyl (C=O) groups is 1. The summed E-state index contributed by atoms with van der Waals surface area (Å²) in [6.07, 6.45) is 0. The highest BCUT2D eigenvalue weighted by Gasteiger charge is 2.20. The zero-order valence-corrected chi connectivity index (χ0v) is 11.8. The molecule has 7 heteroatoms. The average Bonchev–Trinajstić information content (AvgIpc) is 2.66. The predicted molar refractivity (Wildman–Crippen MR) is 69.9 cm³/mol. The number of carbonyl (C=O) groups excluding carboxylic acids is 1. The highest BCUT2D eigenvalue weighted by Crippen LogP contribution is 2.29. The molecule has 0 atom stereocenters. The van der Waals surface area contributed by atoms with Crippen LogP contribution in [0.25, 0.3) is 11.0 Å². The third-order valence-corrected chi connectivity index (χ3v) is 4.00. The van der Waals surface area contributed by atoms with Gasteiger partial charge in [0.1, 0.15) is 5.58 Å². The number of esters is 1. The molecular weight excluding hydrogens is 292 g/mol. The Morgan fingerprint density at radius 2 is 2.11 bits per heavy atom. The molecule has 0 fully saturated rings. The topological polar surface area (TPSA) is 73.6 Å². The van der Waals surface area contributed by atoms with Crippen LogP contribution >= 0.6 is 10.7 Å². The van der Waals surface area contributed by atoms with Crippen LogP contribution in [0.5, 0.6) is 0 Å². The van der Waals surface area contributed by atoms with E-state index in [9.17, 15) is 13.2 Å². The Bertz CT molecular complexity index is 745. The van der Waals surface area contributed by atoms with Crippen LogP contribution in [0.1, 0.15) is 23.0 Å². The number of rotatable bonds is 3. The SMILES string of the molecule is CCOC(=O)c1oc2ccc(S(=O)(=O)Cl)cc2c1C. The van der Waals surface area contributed by atoms with E-state index in [-0.39, 0.29) is 17.3 Å². The van der Waals surface area contributed by atoms with E-state index >= 15 is 0 Å². The van der Waals surface area contributed by atoms with Gasteiger partial charge in [-0.25, -0.2) is 13.2 Å². The van der Waals surface area contributed by atoms with E-state index < -0.39 is 15.0 Å². The highest BCUT2D eigenvalue weighted by atomic mass is 35.7. The van der Waals surface area contributed by atoms with Crippen LogP contribution in [0.2, 0.25) is 0 Å². The molecule has 0 N–H and O–H groups in total. The van der Waals surface area contributed by atoms with Crippen molar-refractivity contribution < 1.29 is 22.4 Å². The Labute approximate surface area is 114 Å². The lowest BCUT2D eigenvalue weighted by Gasteiger charge is -1.98. The minimum atomic E-state index is -3.82. The molecule has 1 aromatic carbocycles. The second-order valence-electron chi connectivity index (χ2n) is 3.87. The van der Waals surface area contributed by atoms with Gasteiger partial charge in [-0.05, 0) is 32.0 Å². The summed E-state index contributed by atoms with van der Waals surface area (Å²) in [6, 6.07) is 4.15. The summed E-state index contributed by atoms with van der Waals surface area (Å²) in [5.74, 6) is -0.507. The molecule has 5 nitrogen and oxygen atoms in total. The minimum absolute atomic E-state index is 0.0408. The van der Waals surface area contributed by atoms with Crippen molar-refractivity contribution in [3.05, 3.63) is 29.5 Å². The monoisotopic (exact) mass is 302 g/mol. The summed E-state index contributed by atoms with van der Waals surface area (Å²) in [6.45, 7) is 3.58. The van der Waals surface area contributed by atoms with Crippen LogP contribution < -0.4 is 0 Å². The minimum Gasteiger partial charge on any atom is -0.460 e. The van der Waals surface area contributed by atoms with Gasteiger partial charge in [0.15, 0.2) is 0 Å². The Kier molecular flexibility index (Phi) is 3.56. The smallest absolute Gasteiger partial charge is 0.374 e. The van der Waals surface area contributed by atoms with Crippen molar-refractivity contribution in [3.8, 4) is 0 Å². The fraction of sp³-hybridized carbons (Fsp3) is 0.250. The van der Waals surface area contributed by atoms with Crippen molar-refractivity contribution in [2.24, 2.45) is 0 Å². The van der Waals surface area contributed by atoms with E-state index in [2.05, 4.69) is 0 Å². The maximum atomic E-state index is 11.7. The number of ether oxygens (including phenoxy) is 1. The first kappa shape index (κ1) is 13.9. The Morgan fingerprint density at radius 1 is 1.42 bits per heavy atom. The second-order valence-corrected chi connectivity index (χ2v) is 6.44. The van der Waals surface area contributed by atoms with Crippen LogP contribution in [0.15, 0.2) is 27.5 Å². The van der Waals surface area contributed by atoms with Crippen molar-refractivity contribution in [3.63, 3.8) is 0 Å². The molecule has 0 aliphatic carbocycles. The number of hydrogen-bond donors (Lipinski definition) is 0. The standard InChI is InChI=1S/C12H11ClO5S/c1-3-17-12(14)11-7(2)9-6-8(19(13,15)16)4-5-10(9)18-11/h4-6H,3H2,1-2H3. The van der Waals surface area contributed by atoms with Gasteiger partial charge >= 0.3 is 5.97 Å². The first-order valence-corrected chi connectivity index (χ1v) is 7.80. The molecule has 1 heterocycles. The normalized spacial score (nSPS) is 11.7. The lowest BCUT2D eigenvalue weighted by molar-refractivity contribution is 0.0491. The van der Waals surface area contributed by atoms with Crippen LogP contribution in [-0.4, -0.2) is 21.0 Å². The molecule has 102 valence electrons. The predicted octanol–water partition coefficient (Wildman–Crippen LogP) is 2.85.